The molecule has 1 aliphatic rings. The third kappa shape index (κ3) is 9.96. The number of aliphatic hydroxyl groups excluding tert-OH is 1. The van der Waals surface area contributed by atoms with Crippen LogP contribution in [0.4, 0.5) is 29.3 Å². The Bertz CT molecular complexity index is 963. The van der Waals surface area contributed by atoms with Gasteiger partial charge in [0.05, 0.1) is 6.20 Å². The molecule has 1 aromatic carbocycles. The Morgan fingerprint density at radius 2 is 1.78 bits per heavy atom. The van der Waals surface area contributed by atoms with E-state index in [0.29, 0.717) is 24.3 Å². The van der Waals surface area contributed by atoms with Crippen LogP contribution in [0.3, 0.4) is 0 Å². The summed E-state index contributed by atoms with van der Waals surface area (Å²) in [5, 5.41) is 18.4. The lowest BCUT2D eigenvalue weighted by Gasteiger charge is -2.35. The van der Waals surface area contributed by atoms with Crippen molar-refractivity contribution in [2.75, 3.05) is 36.9 Å². The van der Waals surface area contributed by atoms with E-state index >= 15 is 0 Å². The molecule has 3 atom stereocenters. The van der Waals surface area contributed by atoms with Gasteiger partial charge in [-0.25, -0.2) is 9.37 Å². The Morgan fingerprint density at radius 3 is 2.51 bits per heavy atom. The molecule has 7 nitrogen and oxygen atoms in total. The number of hydrogen-bond donors (Lipinski definition) is 4. The van der Waals surface area contributed by atoms with Crippen molar-refractivity contribution < 1.29 is 27.4 Å². The molecule has 1 saturated carbocycles. The monoisotopic (exact) mass is 527 g/mol. The number of benzene rings is 1. The largest absolute Gasteiger partial charge is 0.573 e. The second-order valence-corrected chi connectivity index (χ2v) is 9.66. The predicted molar refractivity (Wildman–Crippen MR) is 135 cm³/mol. The van der Waals surface area contributed by atoms with Crippen LogP contribution in [0.25, 0.3) is 0 Å². The molecule has 0 amide bonds. The number of para-hydroxylation sites is 1. The molecule has 0 aliphatic heterocycles. The Morgan fingerprint density at radius 1 is 1.05 bits per heavy atom. The Labute approximate surface area is 215 Å². The maximum atomic E-state index is 14.5. The number of ether oxygens (including phenoxy) is 1. The summed E-state index contributed by atoms with van der Waals surface area (Å²) in [6.45, 7) is 4.62. The molecule has 11 heteroatoms. The molecular formula is C26H37F4N5O2. The molecular weight excluding hydrogens is 490 g/mol. The van der Waals surface area contributed by atoms with Crippen LogP contribution in [-0.2, 0) is 6.54 Å². The van der Waals surface area contributed by atoms with E-state index < -0.39 is 12.2 Å². The number of aromatic nitrogens is 2. The lowest BCUT2D eigenvalue weighted by atomic mass is 9.73. The van der Waals surface area contributed by atoms with Crippen molar-refractivity contribution in [3.8, 4) is 5.75 Å². The fourth-order valence-corrected chi connectivity index (χ4v) is 5.06. The summed E-state index contributed by atoms with van der Waals surface area (Å²) in [4.78, 5) is 8.14. The van der Waals surface area contributed by atoms with Gasteiger partial charge in [0.2, 0.25) is 5.95 Å². The SMILES string of the molecule is CCCC1C[C@@H](CNCCCO)C[C@H](CNc2nc(NCc3ccccc3OC(F)(F)F)ncc2F)C1. The lowest BCUT2D eigenvalue weighted by molar-refractivity contribution is -0.274. The van der Waals surface area contributed by atoms with Gasteiger partial charge >= 0.3 is 6.36 Å². The first kappa shape index (κ1) is 28.9. The minimum Gasteiger partial charge on any atom is -0.405 e. The summed E-state index contributed by atoms with van der Waals surface area (Å²) in [6, 6.07) is 5.78. The van der Waals surface area contributed by atoms with Crippen LogP contribution in [0, 0.1) is 23.6 Å². The minimum absolute atomic E-state index is 0.0242. The van der Waals surface area contributed by atoms with E-state index in [4.69, 9.17) is 5.11 Å². The maximum absolute atomic E-state index is 14.5. The third-order valence-corrected chi connectivity index (χ3v) is 6.58. The highest BCUT2D eigenvalue weighted by Crippen LogP contribution is 2.36. The van der Waals surface area contributed by atoms with Gasteiger partial charge in [0, 0.05) is 25.3 Å². The number of nitrogens with one attached hydrogen (secondary N) is 3. The van der Waals surface area contributed by atoms with E-state index in [-0.39, 0.29) is 36.2 Å². The summed E-state index contributed by atoms with van der Waals surface area (Å²) in [7, 11) is 0. The van der Waals surface area contributed by atoms with Gasteiger partial charge in [-0.15, -0.1) is 13.2 Å². The molecule has 2 aromatic rings. The summed E-state index contributed by atoms with van der Waals surface area (Å²) in [6.07, 6.45) is 2.54. The van der Waals surface area contributed by atoms with Crippen LogP contribution in [0.2, 0.25) is 0 Å². The highest BCUT2D eigenvalue weighted by atomic mass is 19.4. The minimum atomic E-state index is -4.80. The smallest absolute Gasteiger partial charge is 0.405 e. The number of halogens is 4. The molecule has 3 rings (SSSR count). The predicted octanol–water partition coefficient (Wildman–Crippen LogP) is 5.34. The van der Waals surface area contributed by atoms with Crippen molar-refractivity contribution in [1.82, 2.24) is 15.3 Å². The third-order valence-electron chi connectivity index (χ3n) is 6.58. The maximum Gasteiger partial charge on any atom is 0.573 e. The molecule has 1 aliphatic carbocycles. The number of rotatable bonds is 14. The zero-order valence-corrected chi connectivity index (χ0v) is 21.2. The van der Waals surface area contributed by atoms with Gasteiger partial charge in [-0.2, -0.15) is 4.98 Å². The van der Waals surface area contributed by atoms with E-state index in [9.17, 15) is 17.6 Å². The Hall–Kier alpha value is -2.66. The Balaban J connectivity index is 1.58. The highest BCUT2D eigenvalue weighted by Gasteiger charge is 2.32. The molecule has 4 N–H and O–H groups in total. The molecule has 0 bridgehead atoms. The fourth-order valence-electron chi connectivity index (χ4n) is 5.06. The molecule has 0 saturated heterocycles. The van der Waals surface area contributed by atoms with E-state index in [1.54, 1.807) is 6.07 Å². The number of aliphatic hydroxyl groups is 1. The first-order chi connectivity index (χ1) is 17.8. The summed E-state index contributed by atoms with van der Waals surface area (Å²) in [5.41, 5.74) is 0.269. The van der Waals surface area contributed by atoms with Crippen LogP contribution in [-0.4, -0.2) is 47.7 Å². The molecule has 206 valence electrons. The molecule has 0 spiro atoms. The number of nitrogens with zero attached hydrogens (tertiary/aromatic N) is 2. The van der Waals surface area contributed by atoms with Crippen LogP contribution in [0.5, 0.6) is 5.75 Å². The van der Waals surface area contributed by atoms with Crippen LogP contribution < -0.4 is 20.7 Å². The lowest BCUT2D eigenvalue weighted by Crippen LogP contribution is -2.34. The van der Waals surface area contributed by atoms with Crippen molar-refractivity contribution in [2.24, 2.45) is 17.8 Å². The summed E-state index contributed by atoms with van der Waals surface area (Å²) < 4.78 is 56.6. The van der Waals surface area contributed by atoms with E-state index in [2.05, 4.69) is 37.6 Å². The van der Waals surface area contributed by atoms with Crippen LogP contribution in [0.15, 0.2) is 30.5 Å². The fraction of sp³-hybridized carbons (Fsp3) is 0.615. The molecule has 1 aromatic heterocycles. The Kier molecular flexibility index (Phi) is 11.2. The second-order valence-electron chi connectivity index (χ2n) is 9.66. The van der Waals surface area contributed by atoms with Gasteiger partial charge in [-0.05, 0) is 62.6 Å². The number of alkyl halides is 3. The zero-order chi connectivity index (χ0) is 26.7. The molecule has 1 heterocycles. The average Bonchev–Trinajstić information content (AvgIpc) is 2.85. The van der Waals surface area contributed by atoms with Crippen molar-refractivity contribution in [3.63, 3.8) is 0 Å². The zero-order valence-electron chi connectivity index (χ0n) is 21.2. The van der Waals surface area contributed by atoms with Crippen molar-refractivity contribution in [1.29, 1.82) is 0 Å². The first-order valence-corrected chi connectivity index (χ1v) is 12.9. The van der Waals surface area contributed by atoms with Crippen molar-refractivity contribution in [2.45, 2.75) is 58.4 Å². The van der Waals surface area contributed by atoms with E-state index in [0.717, 1.165) is 45.0 Å². The van der Waals surface area contributed by atoms with Crippen molar-refractivity contribution >= 4 is 11.8 Å². The molecule has 1 fully saturated rings. The quantitative estimate of drug-likeness (QED) is 0.195. The van der Waals surface area contributed by atoms with Crippen LogP contribution in [0.1, 0.15) is 51.0 Å². The van der Waals surface area contributed by atoms with Gasteiger partial charge in [0.25, 0.3) is 0 Å². The summed E-state index contributed by atoms with van der Waals surface area (Å²) >= 11 is 0. The van der Waals surface area contributed by atoms with Gasteiger partial charge in [0.15, 0.2) is 11.6 Å². The van der Waals surface area contributed by atoms with Gasteiger partial charge in [0.1, 0.15) is 5.75 Å². The molecule has 37 heavy (non-hydrogen) atoms. The molecule has 1 unspecified atom stereocenters. The average molecular weight is 528 g/mol. The van der Waals surface area contributed by atoms with Gasteiger partial charge < -0.3 is 25.8 Å². The van der Waals surface area contributed by atoms with Crippen molar-refractivity contribution in [3.05, 3.63) is 41.8 Å². The topological polar surface area (TPSA) is 91.3 Å². The first-order valence-electron chi connectivity index (χ1n) is 12.9. The van der Waals surface area contributed by atoms with Crippen LogP contribution >= 0.6 is 0 Å². The van der Waals surface area contributed by atoms with E-state index in [1.807, 2.05) is 0 Å². The van der Waals surface area contributed by atoms with Gasteiger partial charge in [-0.3, -0.25) is 0 Å². The standard InChI is InChI=1S/C26H37F4N5O2/c1-2-6-18-11-19(14-31-9-5-10-36)13-20(12-18)15-32-24-22(27)17-34-25(35-24)33-16-21-7-3-4-8-23(21)37-26(28,29)30/h3-4,7-8,17-20,31,36H,2,5-6,9-16H2,1H3,(H2,32,33,34,35)/t18?,19-,20-/m1/s1. The normalized spacial score (nSPS) is 20.0. The number of hydrogen-bond acceptors (Lipinski definition) is 7. The summed E-state index contributed by atoms with van der Waals surface area (Å²) in [5.74, 6) is 0.782. The molecule has 0 radical (unpaired) electrons. The van der Waals surface area contributed by atoms with Gasteiger partial charge in [-0.1, -0.05) is 38.0 Å². The van der Waals surface area contributed by atoms with E-state index in [1.165, 1.54) is 31.0 Å². The second kappa shape index (κ2) is 14.3. The number of anilines is 2. The highest BCUT2D eigenvalue weighted by molar-refractivity contribution is 5.42.